The minimum atomic E-state index is -0.0511. The number of nitrogens with one attached hydrogen (secondary N) is 1. The van der Waals surface area contributed by atoms with Gasteiger partial charge in [-0.05, 0) is 36.6 Å². The Morgan fingerprint density at radius 3 is 2.79 bits per heavy atom. The Hall–Kier alpha value is -1.84. The van der Waals surface area contributed by atoms with Crippen LogP contribution < -0.4 is 10.1 Å². The van der Waals surface area contributed by atoms with Crippen LogP contribution in [0.3, 0.4) is 0 Å². The summed E-state index contributed by atoms with van der Waals surface area (Å²) >= 11 is 8.29. The largest absolute Gasteiger partial charge is 0.497 e. The van der Waals surface area contributed by atoms with Crippen LogP contribution in [-0.4, -0.2) is 52.2 Å². The first-order valence-corrected chi connectivity index (χ1v) is 11.6. The van der Waals surface area contributed by atoms with Gasteiger partial charge in [-0.3, -0.25) is 19.5 Å². The highest BCUT2D eigenvalue weighted by Crippen LogP contribution is 2.33. The van der Waals surface area contributed by atoms with E-state index in [-0.39, 0.29) is 11.8 Å². The molecule has 154 valence electrons. The van der Waals surface area contributed by atoms with Crippen molar-refractivity contribution < 1.29 is 14.3 Å². The van der Waals surface area contributed by atoms with Gasteiger partial charge in [0, 0.05) is 18.7 Å². The number of hydrogen-bond acceptors (Lipinski definition) is 7. The average molecular weight is 450 g/mol. The average Bonchev–Trinajstić information content (AvgIpc) is 3.31. The molecule has 0 aliphatic carbocycles. The van der Waals surface area contributed by atoms with Gasteiger partial charge in [0.15, 0.2) is 5.17 Å². The molecular formula is C20H23N3O3S3. The highest BCUT2D eigenvalue weighted by atomic mass is 32.2. The van der Waals surface area contributed by atoms with E-state index in [0.29, 0.717) is 22.2 Å². The number of carbonyl (C=O) groups is 2. The molecule has 2 amide bonds. The number of amides is 2. The van der Waals surface area contributed by atoms with Gasteiger partial charge in [0.25, 0.3) is 5.91 Å². The molecular weight excluding hydrogens is 426 g/mol. The molecule has 2 aliphatic heterocycles. The molecule has 0 atom stereocenters. The van der Waals surface area contributed by atoms with Crippen LogP contribution in [0.5, 0.6) is 5.75 Å². The maximum absolute atomic E-state index is 12.7. The molecule has 1 aromatic carbocycles. The fourth-order valence-electron chi connectivity index (χ4n) is 2.87. The molecule has 0 saturated carbocycles. The fraction of sp³-hybridized carbons (Fsp3) is 0.400. The Kier molecular flexibility index (Phi) is 8.14. The van der Waals surface area contributed by atoms with Crippen LogP contribution in [0.25, 0.3) is 6.08 Å². The third-order valence-electron chi connectivity index (χ3n) is 4.40. The summed E-state index contributed by atoms with van der Waals surface area (Å²) in [6.07, 6.45) is 4.77. The topological polar surface area (TPSA) is 71.0 Å². The normalized spacial score (nSPS) is 17.8. The van der Waals surface area contributed by atoms with Crippen LogP contribution in [0.2, 0.25) is 0 Å². The summed E-state index contributed by atoms with van der Waals surface area (Å²) in [6.45, 7) is 1.35. The van der Waals surface area contributed by atoms with Crippen molar-refractivity contribution >= 4 is 63.1 Å². The first-order valence-electron chi connectivity index (χ1n) is 9.43. The van der Waals surface area contributed by atoms with Gasteiger partial charge < -0.3 is 10.1 Å². The number of methoxy groups -OCH3 is 1. The lowest BCUT2D eigenvalue weighted by Crippen LogP contribution is -2.29. The summed E-state index contributed by atoms with van der Waals surface area (Å²) in [5, 5.41) is 3.56. The molecule has 0 unspecified atom stereocenters. The fourth-order valence-corrected chi connectivity index (χ4v) is 4.92. The smallest absolute Gasteiger partial charge is 0.266 e. The maximum Gasteiger partial charge on any atom is 0.266 e. The number of thiocarbonyl (C=S) groups is 1. The SMILES string of the molecule is COc1ccc(C=C2SC(=S)N(CCCCCC(=O)NC3=NCCS3)C2=O)cc1. The second-order valence-electron chi connectivity index (χ2n) is 6.50. The number of amidine groups is 1. The predicted molar refractivity (Wildman–Crippen MR) is 124 cm³/mol. The number of aliphatic imine (C=N–C) groups is 1. The molecule has 1 fully saturated rings. The molecule has 2 aliphatic rings. The van der Waals surface area contributed by atoms with Crippen LogP contribution in [0.1, 0.15) is 31.2 Å². The van der Waals surface area contributed by atoms with Crippen molar-refractivity contribution in [1.29, 1.82) is 0 Å². The molecule has 0 aromatic heterocycles. The number of unbranched alkanes of at least 4 members (excludes halogenated alkanes) is 2. The quantitative estimate of drug-likeness (QED) is 0.371. The van der Waals surface area contributed by atoms with E-state index in [1.807, 2.05) is 30.3 Å². The Bertz CT molecular complexity index is 837. The molecule has 0 spiro atoms. The summed E-state index contributed by atoms with van der Waals surface area (Å²) in [7, 11) is 1.62. The molecule has 6 nitrogen and oxygen atoms in total. The summed E-state index contributed by atoms with van der Waals surface area (Å²) in [5.74, 6) is 1.67. The van der Waals surface area contributed by atoms with Crippen molar-refractivity contribution in [3.05, 3.63) is 34.7 Å². The molecule has 1 aromatic rings. The van der Waals surface area contributed by atoms with Crippen molar-refractivity contribution in [3.63, 3.8) is 0 Å². The maximum atomic E-state index is 12.7. The van der Waals surface area contributed by atoms with Crippen molar-refractivity contribution in [2.75, 3.05) is 26.0 Å². The first kappa shape index (κ1) is 21.9. The Morgan fingerprint density at radius 1 is 1.31 bits per heavy atom. The van der Waals surface area contributed by atoms with E-state index in [9.17, 15) is 9.59 Å². The van der Waals surface area contributed by atoms with Crippen molar-refractivity contribution in [2.45, 2.75) is 25.7 Å². The second kappa shape index (κ2) is 10.8. The number of benzene rings is 1. The Labute approximate surface area is 184 Å². The van der Waals surface area contributed by atoms with Crippen LogP contribution in [0, 0.1) is 0 Å². The van der Waals surface area contributed by atoms with Crippen LogP contribution >= 0.6 is 35.7 Å². The third kappa shape index (κ3) is 6.32. The van der Waals surface area contributed by atoms with E-state index in [1.54, 1.807) is 23.8 Å². The number of nitrogens with zero attached hydrogens (tertiary/aromatic N) is 2. The second-order valence-corrected chi connectivity index (χ2v) is 9.26. The summed E-state index contributed by atoms with van der Waals surface area (Å²) in [5.41, 5.74) is 0.933. The van der Waals surface area contributed by atoms with Crippen LogP contribution in [0.15, 0.2) is 34.2 Å². The molecule has 9 heteroatoms. The molecule has 0 radical (unpaired) electrons. The van der Waals surface area contributed by atoms with Gasteiger partial charge in [-0.15, -0.1) is 0 Å². The summed E-state index contributed by atoms with van der Waals surface area (Å²) < 4.78 is 5.74. The van der Waals surface area contributed by atoms with E-state index < -0.39 is 0 Å². The number of ether oxygens (including phenoxy) is 1. The van der Waals surface area contributed by atoms with Gasteiger partial charge in [0.1, 0.15) is 10.1 Å². The minimum Gasteiger partial charge on any atom is -0.497 e. The lowest BCUT2D eigenvalue weighted by molar-refractivity contribution is -0.122. The van der Waals surface area contributed by atoms with Gasteiger partial charge in [-0.2, -0.15) is 0 Å². The van der Waals surface area contributed by atoms with Crippen LogP contribution in [-0.2, 0) is 9.59 Å². The monoisotopic (exact) mass is 449 g/mol. The predicted octanol–water partition coefficient (Wildman–Crippen LogP) is 3.68. The highest BCUT2D eigenvalue weighted by Gasteiger charge is 2.31. The highest BCUT2D eigenvalue weighted by molar-refractivity contribution is 8.26. The van der Waals surface area contributed by atoms with Crippen molar-refractivity contribution in [1.82, 2.24) is 10.2 Å². The van der Waals surface area contributed by atoms with Gasteiger partial charge in [0.05, 0.1) is 18.6 Å². The number of hydrogen-bond donors (Lipinski definition) is 1. The van der Waals surface area contributed by atoms with Crippen molar-refractivity contribution in [2.24, 2.45) is 4.99 Å². The zero-order chi connectivity index (χ0) is 20.6. The minimum absolute atomic E-state index is 0.00573. The Morgan fingerprint density at radius 2 is 2.10 bits per heavy atom. The zero-order valence-corrected chi connectivity index (χ0v) is 18.6. The van der Waals surface area contributed by atoms with E-state index >= 15 is 0 Å². The van der Waals surface area contributed by atoms with Gasteiger partial charge in [-0.25, -0.2) is 0 Å². The summed E-state index contributed by atoms with van der Waals surface area (Å²) in [4.78, 5) is 31.0. The lowest BCUT2D eigenvalue weighted by Gasteiger charge is -2.14. The van der Waals surface area contributed by atoms with Crippen molar-refractivity contribution in [3.8, 4) is 5.75 Å². The lowest BCUT2D eigenvalue weighted by atomic mass is 10.1. The number of carbonyl (C=O) groups excluding carboxylic acids is 2. The van der Waals surface area contributed by atoms with E-state index in [4.69, 9.17) is 17.0 Å². The van der Waals surface area contributed by atoms with E-state index in [1.165, 1.54) is 11.8 Å². The number of thioether (sulfide) groups is 2. The van der Waals surface area contributed by atoms with Gasteiger partial charge in [0.2, 0.25) is 5.91 Å². The molecule has 29 heavy (non-hydrogen) atoms. The molecule has 1 saturated heterocycles. The van der Waals surface area contributed by atoms with Crippen LogP contribution in [0.4, 0.5) is 0 Å². The van der Waals surface area contributed by atoms with Gasteiger partial charge >= 0.3 is 0 Å². The van der Waals surface area contributed by atoms with E-state index in [2.05, 4.69) is 10.3 Å². The van der Waals surface area contributed by atoms with Gasteiger partial charge in [-0.1, -0.05) is 54.3 Å². The molecule has 3 rings (SSSR count). The molecule has 2 heterocycles. The molecule has 0 bridgehead atoms. The standard InChI is InChI=1S/C20H23N3O3S3/c1-26-15-8-6-14(7-9-15)13-16-18(25)23(20(27)29-16)11-4-2-3-5-17(24)22-19-21-10-12-28-19/h6-9,13H,2-5,10-12H2,1H3,(H,21,22,24). The zero-order valence-electron chi connectivity index (χ0n) is 16.2. The number of rotatable bonds is 8. The Balaban J connectivity index is 1.41. The van der Waals surface area contributed by atoms with E-state index in [0.717, 1.165) is 48.0 Å². The third-order valence-corrected chi connectivity index (χ3v) is 6.67. The first-order chi connectivity index (χ1) is 14.1. The summed E-state index contributed by atoms with van der Waals surface area (Å²) in [6, 6.07) is 7.54. The molecule has 1 N–H and O–H groups in total.